The largest absolute Gasteiger partial charge is 0.382 e. The molecular weight excluding hydrogens is 536 g/mol. The first-order chi connectivity index (χ1) is 17.1. The average molecular weight is 565 g/mol. The normalized spacial score (nSPS) is 20.0. The Kier molecular flexibility index (Phi) is 6.92. The van der Waals surface area contributed by atoms with Crippen LogP contribution in [0.5, 0.6) is 0 Å². The Morgan fingerprint density at radius 1 is 1.22 bits per heavy atom. The standard InChI is InChI=1S/C23H29ClN8OS3/c1-22(2,3)36(33)31-18-17-14(34-12-29-17)10-23(18)5-8-32(9-6-23)15-11-28-21(20(26)30-15)35-13-4-7-27-19(25)16(13)24/h4,7,11-12,18,31H,5-6,8-10H2,1-3H3,(H2,25,27)(H2,26,30)/t18-,36?/m1/s1. The van der Waals surface area contributed by atoms with E-state index in [-0.39, 0.29) is 22.0 Å². The summed E-state index contributed by atoms with van der Waals surface area (Å²) in [4.78, 5) is 22.1. The van der Waals surface area contributed by atoms with Crippen LogP contribution in [0.3, 0.4) is 0 Å². The molecule has 0 radical (unpaired) electrons. The van der Waals surface area contributed by atoms with Gasteiger partial charge in [-0.05, 0) is 46.1 Å². The highest BCUT2D eigenvalue weighted by atomic mass is 35.5. The van der Waals surface area contributed by atoms with E-state index in [0.29, 0.717) is 15.9 Å². The fourth-order valence-electron chi connectivity index (χ4n) is 4.71. The van der Waals surface area contributed by atoms with Gasteiger partial charge in [-0.3, -0.25) is 0 Å². The molecule has 0 aromatic carbocycles. The fourth-order valence-corrected chi connectivity index (χ4v) is 7.61. The number of pyridine rings is 1. The van der Waals surface area contributed by atoms with Gasteiger partial charge in [-0.15, -0.1) is 11.3 Å². The number of anilines is 3. The van der Waals surface area contributed by atoms with E-state index in [1.807, 2.05) is 26.3 Å². The SMILES string of the molecule is CC(C)(C)S(=O)N[C@@H]1c2ncsc2CC12CCN(c1cnc(Sc3ccnc(N)c3Cl)c(N)n1)CC2. The zero-order chi connectivity index (χ0) is 25.7. The van der Waals surface area contributed by atoms with Gasteiger partial charge in [-0.25, -0.2) is 28.9 Å². The summed E-state index contributed by atoms with van der Waals surface area (Å²) in [6, 6.07) is 1.75. The van der Waals surface area contributed by atoms with Crippen LogP contribution in [0.15, 0.2) is 33.9 Å². The van der Waals surface area contributed by atoms with E-state index < -0.39 is 11.0 Å². The van der Waals surface area contributed by atoms with Crippen molar-refractivity contribution in [3.05, 3.63) is 39.6 Å². The van der Waals surface area contributed by atoms with Gasteiger partial charge in [0.05, 0.1) is 44.2 Å². The summed E-state index contributed by atoms with van der Waals surface area (Å²) in [7, 11) is -1.18. The highest BCUT2D eigenvalue weighted by Crippen LogP contribution is 2.53. The van der Waals surface area contributed by atoms with Crippen LogP contribution in [0.4, 0.5) is 17.5 Å². The monoisotopic (exact) mass is 564 g/mol. The van der Waals surface area contributed by atoms with Gasteiger partial charge in [0.1, 0.15) is 16.7 Å². The zero-order valence-corrected chi connectivity index (χ0v) is 23.5. The highest BCUT2D eigenvalue weighted by Gasteiger charge is 2.50. The first-order valence-electron chi connectivity index (χ1n) is 11.6. The maximum Gasteiger partial charge on any atom is 0.158 e. The number of hydrogen-bond donors (Lipinski definition) is 3. The number of aromatic nitrogens is 4. The third kappa shape index (κ3) is 4.81. The average Bonchev–Trinajstić information content (AvgIpc) is 3.38. The van der Waals surface area contributed by atoms with E-state index >= 15 is 0 Å². The van der Waals surface area contributed by atoms with Gasteiger partial charge in [0.25, 0.3) is 0 Å². The Morgan fingerprint density at radius 2 is 1.97 bits per heavy atom. The molecule has 3 aromatic rings. The third-order valence-electron chi connectivity index (χ3n) is 6.77. The lowest BCUT2D eigenvalue weighted by Gasteiger charge is -2.43. The number of nitrogens with two attached hydrogens (primary N) is 2. The van der Waals surface area contributed by atoms with Crippen molar-refractivity contribution in [2.75, 3.05) is 29.5 Å². The maximum absolute atomic E-state index is 13.0. The van der Waals surface area contributed by atoms with Crippen molar-refractivity contribution in [1.82, 2.24) is 24.7 Å². The quantitative estimate of drug-likeness (QED) is 0.415. The lowest BCUT2D eigenvalue weighted by atomic mass is 9.73. The summed E-state index contributed by atoms with van der Waals surface area (Å²) in [6.07, 6.45) is 6.17. The van der Waals surface area contributed by atoms with Crippen molar-refractivity contribution in [3.63, 3.8) is 0 Å². The molecule has 36 heavy (non-hydrogen) atoms. The molecule has 3 aromatic heterocycles. The third-order valence-corrected chi connectivity index (χ3v) is 10.8. The lowest BCUT2D eigenvalue weighted by molar-refractivity contribution is 0.176. The molecule has 192 valence electrons. The Balaban J connectivity index is 1.30. The molecule has 0 bridgehead atoms. The van der Waals surface area contributed by atoms with Crippen LogP contribution in [0.2, 0.25) is 5.02 Å². The zero-order valence-electron chi connectivity index (χ0n) is 20.3. The number of piperidine rings is 1. The Bertz CT molecular complexity index is 1300. The Morgan fingerprint density at radius 3 is 2.67 bits per heavy atom. The van der Waals surface area contributed by atoms with Crippen LogP contribution in [-0.2, 0) is 17.4 Å². The van der Waals surface area contributed by atoms with Gasteiger partial charge >= 0.3 is 0 Å². The summed E-state index contributed by atoms with van der Waals surface area (Å²) in [6.45, 7) is 7.59. The number of thiazole rings is 1. The second-order valence-corrected chi connectivity index (χ2v) is 14.5. The summed E-state index contributed by atoms with van der Waals surface area (Å²) in [5.41, 5.74) is 15.0. The van der Waals surface area contributed by atoms with Crippen LogP contribution in [-0.4, -0.2) is 42.0 Å². The van der Waals surface area contributed by atoms with Crippen LogP contribution in [0.25, 0.3) is 0 Å². The van der Waals surface area contributed by atoms with Gasteiger partial charge in [0, 0.05) is 34.5 Å². The van der Waals surface area contributed by atoms with Crippen LogP contribution in [0.1, 0.15) is 50.2 Å². The van der Waals surface area contributed by atoms with Crippen LogP contribution >= 0.6 is 34.7 Å². The summed E-state index contributed by atoms with van der Waals surface area (Å²) in [5, 5.41) is 0.948. The molecule has 13 heteroatoms. The topological polar surface area (TPSA) is 136 Å². The second-order valence-electron chi connectivity index (χ2n) is 10.1. The van der Waals surface area contributed by atoms with E-state index in [1.165, 1.54) is 16.6 Å². The molecule has 2 atom stereocenters. The number of nitrogens with zero attached hydrogens (tertiary/aromatic N) is 5. The molecule has 0 amide bonds. The van der Waals surface area contributed by atoms with Crippen molar-refractivity contribution in [3.8, 4) is 0 Å². The van der Waals surface area contributed by atoms with Crippen molar-refractivity contribution in [1.29, 1.82) is 0 Å². The van der Waals surface area contributed by atoms with Gasteiger partial charge < -0.3 is 16.4 Å². The molecular formula is C23H29ClN8OS3. The molecule has 1 aliphatic heterocycles. The smallest absolute Gasteiger partial charge is 0.158 e. The number of halogens is 1. The minimum atomic E-state index is -1.18. The number of hydrogen-bond acceptors (Lipinski definition) is 10. The van der Waals surface area contributed by atoms with Crippen molar-refractivity contribution in [2.45, 2.75) is 60.7 Å². The number of nitrogens with one attached hydrogen (secondary N) is 1. The van der Waals surface area contributed by atoms with Crippen LogP contribution < -0.4 is 21.1 Å². The molecule has 5 rings (SSSR count). The number of nitrogen functional groups attached to an aromatic ring is 2. The molecule has 1 aliphatic carbocycles. The first-order valence-corrected chi connectivity index (χ1v) is 14.9. The van der Waals surface area contributed by atoms with Crippen molar-refractivity contribution in [2.24, 2.45) is 5.41 Å². The van der Waals surface area contributed by atoms with Gasteiger partial charge in [-0.1, -0.05) is 23.4 Å². The Labute approximate surface area is 226 Å². The molecule has 1 unspecified atom stereocenters. The molecule has 2 aliphatic rings. The van der Waals surface area contributed by atoms with E-state index in [0.717, 1.165) is 48.8 Å². The summed E-state index contributed by atoms with van der Waals surface area (Å²) < 4.78 is 16.1. The van der Waals surface area contributed by atoms with E-state index in [1.54, 1.807) is 29.8 Å². The Hall–Kier alpha value is -1.99. The predicted molar refractivity (Wildman–Crippen MR) is 148 cm³/mol. The minimum Gasteiger partial charge on any atom is -0.382 e. The molecule has 1 fully saturated rings. The molecule has 1 spiro atoms. The minimum absolute atomic E-state index is 0.0143. The van der Waals surface area contributed by atoms with E-state index in [9.17, 15) is 4.21 Å². The highest BCUT2D eigenvalue weighted by molar-refractivity contribution is 7.99. The van der Waals surface area contributed by atoms with Crippen molar-refractivity contribution >= 4 is 63.1 Å². The molecule has 4 heterocycles. The maximum atomic E-state index is 13.0. The summed E-state index contributed by atoms with van der Waals surface area (Å²) in [5.74, 6) is 1.36. The molecule has 5 N–H and O–H groups in total. The lowest BCUT2D eigenvalue weighted by Crippen LogP contribution is -2.48. The van der Waals surface area contributed by atoms with Crippen molar-refractivity contribution < 1.29 is 4.21 Å². The van der Waals surface area contributed by atoms with E-state index in [4.69, 9.17) is 23.1 Å². The first kappa shape index (κ1) is 25.7. The number of rotatable bonds is 5. The van der Waals surface area contributed by atoms with Gasteiger partial charge in [0.2, 0.25) is 0 Å². The predicted octanol–water partition coefficient (Wildman–Crippen LogP) is 4.23. The number of fused-ring (bicyclic) bond motifs is 1. The fraction of sp³-hybridized carbons (Fsp3) is 0.478. The van der Waals surface area contributed by atoms with Gasteiger partial charge in [0.15, 0.2) is 5.82 Å². The van der Waals surface area contributed by atoms with Crippen LogP contribution in [0, 0.1) is 5.41 Å². The molecule has 1 saturated heterocycles. The van der Waals surface area contributed by atoms with E-state index in [2.05, 4.69) is 29.6 Å². The van der Waals surface area contributed by atoms with Gasteiger partial charge in [-0.2, -0.15) is 0 Å². The molecule has 0 saturated carbocycles. The second kappa shape index (κ2) is 9.71. The molecule has 9 nitrogen and oxygen atoms in total. The summed E-state index contributed by atoms with van der Waals surface area (Å²) >= 11 is 9.28.